The molecule has 5 heteroatoms. The first-order valence-corrected chi connectivity index (χ1v) is 6.29. The highest BCUT2D eigenvalue weighted by atomic mass is 16.1. The van der Waals surface area contributed by atoms with Gasteiger partial charge in [-0.25, -0.2) is 4.98 Å². The second-order valence-corrected chi connectivity index (χ2v) is 4.47. The molecule has 0 spiro atoms. The van der Waals surface area contributed by atoms with Crippen LogP contribution in [0.25, 0.3) is 5.65 Å². The van der Waals surface area contributed by atoms with Gasteiger partial charge in [0.1, 0.15) is 11.5 Å². The molecule has 1 fully saturated rings. The standard InChI is InChI=1S/C13H16N4O/c18-13-10-12(16-7-3-5-14-6-9-16)15-11-4-1-2-8-17(11)13/h1-2,4,8,10,14H,3,5-7,9H2. The van der Waals surface area contributed by atoms with Crippen LogP contribution in [0.5, 0.6) is 0 Å². The van der Waals surface area contributed by atoms with Crippen LogP contribution in [0.4, 0.5) is 5.82 Å². The Balaban J connectivity index is 2.04. The second-order valence-electron chi connectivity index (χ2n) is 4.47. The number of nitrogens with zero attached hydrogens (tertiary/aromatic N) is 3. The second kappa shape index (κ2) is 4.78. The summed E-state index contributed by atoms with van der Waals surface area (Å²) in [5.74, 6) is 0.787. The number of hydrogen-bond acceptors (Lipinski definition) is 4. The molecule has 18 heavy (non-hydrogen) atoms. The highest BCUT2D eigenvalue weighted by Crippen LogP contribution is 2.11. The first-order chi connectivity index (χ1) is 8.84. The summed E-state index contributed by atoms with van der Waals surface area (Å²) in [6.07, 6.45) is 2.83. The van der Waals surface area contributed by atoms with Gasteiger partial charge in [0.25, 0.3) is 5.56 Å². The van der Waals surface area contributed by atoms with Crippen molar-refractivity contribution in [2.24, 2.45) is 0 Å². The van der Waals surface area contributed by atoms with Gasteiger partial charge in [-0.2, -0.15) is 0 Å². The summed E-state index contributed by atoms with van der Waals surface area (Å²) < 4.78 is 1.57. The first-order valence-electron chi connectivity index (χ1n) is 6.29. The van der Waals surface area contributed by atoms with E-state index >= 15 is 0 Å². The maximum Gasteiger partial charge on any atom is 0.259 e. The molecule has 0 unspecified atom stereocenters. The number of aromatic nitrogens is 2. The molecule has 0 radical (unpaired) electrons. The van der Waals surface area contributed by atoms with E-state index in [1.165, 1.54) is 0 Å². The van der Waals surface area contributed by atoms with Crippen molar-refractivity contribution in [3.63, 3.8) is 0 Å². The molecule has 0 aromatic carbocycles. The molecule has 0 aliphatic carbocycles. The van der Waals surface area contributed by atoms with Gasteiger partial charge in [-0.1, -0.05) is 6.07 Å². The maximum atomic E-state index is 12.0. The van der Waals surface area contributed by atoms with Gasteiger partial charge in [-0.3, -0.25) is 9.20 Å². The largest absolute Gasteiger partial charge is 0.355 e. The van der Waals surface area contributed by atoms with Crippen molar-refractivity contribution in [2.45, 2.75) is 6.42 Å². The zero-order valence-electron chi connectivity index (χ0n) is 10.2. The van der Waals surface area contributed by atoms with E-state index in [1.54, 1.807) is 16.7 Å². The number of nitrogens with one attached hydrogen (secondary N) is 1. The lowest BCUT2D eigenvalue weighted by molar-refractivity contribution is 0.724. The average Bonchev–Trinajstić information content (AvgIpc) is 2.67. The number of fused-ring (bicyclic) bond motifs is 1. The molecular weight excluding hydrogens is 228 g/mol. The van der Waals surface area contributed by atoms with E-state index in [-0.39, 0.29) is 5.56 Å². The summed E-state index contributed by atoms with van der Waals surface area (Å²) in [5, 5.41) is 3.35. The third-order valence-electron chi connectivity index (χ3n) is 3.22. The summed E-state index contributed by atoms with van der Waals surface area (Å²) in [7, 11) is 0. The average molecular weight is 244 g/mol. The van der Waals surface area contributed by atoms with Gasteiger partial charge in [0, 0.05) is 31.9 Å². The lowest BCUT2D eigenvalue weighted by Gasteiger charge is -2.20. The van der Waals surface area contributed by atoms with E-state index < -0.39 is 0 Å². The van der Waals surface area contributed by atoms with Crippen molar-refractivity contribution in [1.29, 1.82) is 0 Å². The van der Waals surface area contributed by atoms with E-state index in [0.717, 1.165) is 38.4 Å². The Kier molecular flexibility index (Phi) is 2.98. The molecule has 2 aromatic heterocycles. The predicted octanol–water partition coefficient (Wildman–Crippen LogP) is 0.494. The molecule has 1 aliphatic rings. The fourth-order valence-corrected chi connectivity index (χ4v) is 2.28. The van der Waals surface area contributed by atoms with Crippen LogP contribution in [-0.4, -0.2) is 35.6 Å². The Bertz CT molecular complexity index is 599. The fraction of sp³-hybridized carbons (Fsp3) is 0.385. The number of pyridine rings is 1. The minimum absolute atomic E-state index is 0.0205. The van der Waals surface area contributed by atoms with Crippen LogP contribution in [0.3, 0.4) is 0 Å². The van der Waals surface area contributed by atoms with Crippen molar-refractivity contribution in [2.75, 3.05) is 31.1 Å². The molecule has 94 valence electrons. The highest BCUT2D eigenvalue weighted by Gasteiger charge is 2.12. The van der Waals surface area contributed by atoms with E-state index in [4.69, 9.17) is 0 Å². The van der Waals surface area contributed by atoms with Crippen LogP contribution < -0.4 is 15.8 Å². The molecule has 1 N–H and O–H groups in total. The summed E-state index contributed by atoms with van der Waals surface area (Å²) in [5.41, 5.74) is 0.685. The number of hydrogen-bond donors (Lipinski definition) is 1. The quantitative estimate of drug-likeness (QED) is 0.793. The van der Waals surface area contributed by atoms with E-state index in [9.17, 15) is 4.79 Å². The zero-order valence-corrected chi connectivity index (χ0v) is 10.2. The monoisotopic (exact) mass is 244 g/mol. The van der Waals surface area contributed by atoms with E-state index in [0.29, 0.717) is 5.65 Å². The van der Waals surface area contributed by atoms with Gasteiger partial charge in [0.15, 0.2) is 0 Å². The molecule has 2 aromatic rings. The molecule has 1 aliphatic heterocycles. The van der Waals surface area contributed by atoms with E-state index in [2.05, 4.69) is 15.2 Å². The van der Waals surface area contributed by atoms with Crippen LogP contribution in [-0.2, 0) is 0 Å². The topological polar surface area (TPSA) is 49.6 Å². The first kappa shape index (κ1) is 11.2. The summed E-state index contributed by atoms with van der Waals surface area (Å²) >= 11 is 0. The Morgan fingerprint density at radius 2 is 2.17 bits per heavy atom. The normalized spacial score (nSPS) is 16.8. The van der Waals surface area contributed by atoms with Gasteiger partial charge in [0.05, 0.1) is 0 Å². The molecule has 3 heterocycles. The predicted molar refractivity (Wildman–Crippen MR) is 71.2 cm³/mol. The van der Waals surface area contributed by atoms with Gasteiger partial charge < -0.3 is 10.2 Å². The number of anilines is 1. The Hall–Kier alpha value is -1.88. The van der Waals surface area contributed by atoms with Gasteiger partial charge >= 0.3 is 0 Å². The summed E-state index contributed by atoms with van der Waals surface area (Å²) in [4.78, 5) is 18.7. The fourth-order valence-electron chi connectivity index (χ4n) is 2.28. The van der Waals surface area contributed by atoms with Crippen LogP contribution >= 0.6 is 0 Å². The maximum absolute atomic E-state index is 12.0. The van der Waals surface area contributed by atoms with Crippen LogP contribution in [0, 0.1) is 0 Å². The minimum atomic E-state index is -0.0205. The van der Waals surface area contributed by atoms with Crippen molar-refractivity contribution in [3.8, 4) is 0 Å². The molecule has 0 saturated carbocycles. The summed E-state index contributed by atoms with van der Waals surface area (Å²) in [6.45, 7) is 3.82. The lowest BCUT2D eigenvalue weighted by atomic mass is 10.3. The van der Waals surface area contributed by atoms with Crippen LogP contribution in [0.1, 0.15) is 6.42 Å². The third kappa shape index (κ3) is 2.09. The Morgan fingerprint density at radius 1 is 1.22 bits per heavy atom. The smallest absolute Gasteiger partial charge is 0.259 e. The van der Waals surface area contributed by atoms with Crippen molar-refractivity contribution in [1.82, 2.24) is 14.7 Å². The lowest BCUT2D eigenvalue weighted by Crippen LogP contribution is -2.30. The van der Waals surface area contributed by atoms with Crippen molar-refractivity contribution in [3.05, 3.63) is 40.8 Å². The molecular formula is C13H16N4O. The van der Waals surface area contributed by atoms with Crippen LogP contribution in [0.2, 0.25) is 0 Å². The molecule has 0 bridgehead atoms. The molecule has 1 saturated heterocycles. The van der Waals surface area contributed by atoms with Gasteiger partial charge in [-0.15, -0.1) is 0 Å². The molecule has 3 rings (SSSR count). The van der Waals surface area contributed by atoms with Crippen molar-refractivity contribution >= 4 is 11.5 Å². The van der Waals surface area contributed by atoms with Crippen LogP contribution in [0.15, 0.2) is 35.3 Å². The molecule has 0 amide bonds. The third-order valence-corrected chi connectivity index (χ3v) is 3.22. The Morgan fingerprint density at radius 3 is 3.11 bits per heavy atom. The molecule has 0 atom stereocenters. The van der Waals surface area contributed by atoms with Gasteiger partial charge in [0.2, 0.25) is 0 Å². The Labute approximate surface area is 105 Å². The highest BCUT2D eigenvalue weighted by molar-refractivity contribution is 5.48. The molecule has 5 nitrogen and oxygen atoms in total. The zero-order chi connectivity index (χ0) is 12.4. The van der Waals surface area contributed by atoms with Crippen molar-refractivity contribution < 1.29 is 0 Å². The SMILES string of the molecule is O=c1cc(N2CCCNCC2)nc2ccccn12. The van der Waals surface area contributed by atoms with E-state index in [1.807, 2.05) is 18.2 Å². The minimum Gasteiger partial charge on any atom is -0.355 e. The summed E-state index contributed by atoms with van der Waals surface area (Å²) in [6, 6.07) is 7.22. The van der Waals surface area contributed by atoms with Gasteiger partial charge in [-0.05, 0) is 25.1 Å². The number of rotatable bonds is 1.